The molecular formula is C19H22ClIN2O3S2. The Kier molecular flexibility index (Phi) is 9.39. The highest BCUT2D eigenvalue weighted by Gasteiger charge is 2.20. The van der Waals surface area contributed by atoms with Gasteiger partial charge in [0.15, 0.2) is 0 Å². The van der Waals surface area contributed by atoms with Gasteiger partial charge in [-0.2, -0.15) is 11.8 Å². The summed E-state index contributed by atoms with van der Waals surface area (Å²) >= 11 is 9.87. The van der Waals surface area contributed by atoms with Crippen LogP contribution in [0, 0.1) is 3.57 Å². The molecule has 0 fully saturated rings. The van der Waals surface area contributed by atoms with Crippen LogP contribution in [0.1, 0.15) is 12.0 Å². The summed E-state index contributed by atoms with van der Waals surface area (Å²) in [5.41, 5.74) is 1.65. The van der Waals surface area contributed by atoms with E-state index in [0.717, 1.165) is 37.1 Å². The van der Waals surface area contributed by atoms with E-state index >= 15 is 0 Å². The predicted molar refractivity (Wildman–Crippen MR) is 127 cm³/mol. The van der Waals surface area contributed by atoms with E-state index in [4.69, 9.17) is 11.6 Å². The van der Waals surface area contributed by atoms with Crippen molar-refractivity contribution >= 4 is 67.6 Å². The van der Waals surface area contributed by atoms with E-state index in [2.05, 4.69) is 27.9 Å². The molecule has 0 saturated carbocycles. The average molecular weight is 553 g/mol. The molecule has 0 aliphatic carbocycles. The van der Waals surface area contributed by atoms with Gasteiger partial charge in [0, 0.05) is 20.9 Å². The number of halogens is 2. The lowest BCUT2D eigenvalue weighted by Gasteiger charge is -2.22. The van der Waals surface area contributed by atoms with Gasteiger partial charge in [-0.1, -0.05) is 23.7 Å². The zero-order valence-electron chi connectivity index (χ0n) is 15.4. The van der Waals surface area contributed by atoms with E-state index in [1.165, 1.54) is 5.56 Å². The Balaban J connectivity index is 1.74. The topological polar surface area (TPSA) is 66.5 Å². The van der Waals surface area contributed by atoms with Gasteiger partial charge in [-0.15, -0.1) is 0 Å². The standard InChI is InChI=1S/C19H22ClIN2O3S2/c1-28(25,26)23(18-8-6-17(21)7-9-18)13-19(24)22-10-3-11-27-14-15-4-2-5-16(20)12-15/h2,4-9,12H,3,10-11,13-14H2,1H3,(H,22,24). The summed E-state index contributed by atoms with van der Waals surface area (Å²) in [4.78, 5) is 12.2. The van der Waals surface area contributed by atoms with Crippen molar-refractivity contribution in [3.8, 4) is 0 Å². The number of sulfonamides is 1. The first-order chi connectivity index (χ1) is 13.3. The van der Waals surface area contributed by atoms with Crippen molar-refractivity contribution in [2.24, 2.45) is 0 Å². The van der Waals surface area contributed by atoms with Gasteiger partial charge in [-0.3, -0.25) is 9.10 Å². The summed E-state index contributed by atoms with van der Waals surface area (Å²) in [7, 11) is -3.54. The van der Waals surface area contributed by atoms with Gasteiger partial charge in [0.05, 0.1) is 11.9 Å². The van der Waals surface area contributed by atoms with Crippen molar-refractivity contribution in [1.29, 1.82) is 0 Å². The molecule has 0 aromatic heterocycles. The number of nitrogens with zero attached hydrogens (tertiary/aromatic N) is 1. The third kappa shape index (κ3) is 8.18. The van der Waals surface area contributed by atoms with E-state index in [1.807, 2.05) is 36.4 Å². The van der Waals surface area contributed by atoms with Gasteiger partial charge in [-0.25, -0.2) is 8.42 Å². The molecule has 2 aromatic rings. The number of rotatable bonds is 10. The Morgan fingerprint density at radius 3 is 2.57 bits per heavy atom. The van der Waals surface area contributed by atoms with Crippen LogP contribution in [0.2, 0.25) is 5.02 Å². The van der Waals surface area contributed by atoms with Gasteiger partial charge in [0.1, 0.15) is 6.54 Å². The third-order valence-corrected chi connectivity index (χ3v) is 6.96. The summed E-state index contributed by atoms with van der Waals surface area (Å²) in [5.74, 6) is 1.44. The fourth-order valence-electron chi connectivity index (χ4n) is 2.41. The number of hydrogen-bond acceptors (Lipinski definition) is 4. The number of thioether (sulfide) groups is 1. The Bertz CT molecular complexity index is 892. The van der Waals surface area contributed by atoms with Crippen LogP contribution in [-0.2, 0) is 20.6 Å². The number of anilines is 1. The van der Waals surface area contributed by atoms with E-state index in [-0.39, 0.29) is 12.5 Å². The second-order valence-electron chi connectivity index (χ2n) is 6.13. The molecule has 5 nitrogen and oxygen atoms in total. The molecule has 1 amide bonds. The molecule has 0 heterocycles. The zero-order valence-corrected chi connectivity index (χ0v) is 19.9. The summed E-state index contributed by atoms with van der Waals surface area (Å²) in [6.45, 7) is 0.279. The first-order valence-corrected chi connectivity index (χ1v) is 13.0. The maximum atomic E-state index is 12.2. The lowest BCUT2D eigenvalue weighted by molar-refractivity contribution is -0.119. The largest absolute Gasteiger partial charge is 0.354 e. The third-order valence-electron chi connectivity index (χ3n) is 3.75. The van der Waals surface area contributed by atoms with E-state index in [1.54, 1.807) is 23.9 Å². The highest BCUT2D eigenvalue weighted by Crippen LogP contribution is 2.19. The molecule has 2 rings (SSSR count). The first kappa shape index (κ1) is 23.3. The van der Waals surface area contributed by atoms with Crippen molar-refractivity contribution in [2.75, 3.05) is 29.4 Å². The smallest absolute Gasteiger partial charge is 0.240 e. The summed E-state index contributed by atoms with van der Waals surface area (Å²) < 4.78 is 26.2. The van der Waals surface area contributed by atoms with Gasteiger partial charge in [0.25, 0.3) is 0 Å². The quantitative estimate of drug-likeness (QED) is 0.355. The Morgan fingerprint density at radius 2 is 1.93 bits per heavy atom. The Hall–Kier alpha value is -0.970. The molecular weight excluding hydrogens is 531 g/mol. The number of benzene rings is 2. The fourth-order valence-corrected chi connectivity index (χ4v) is 4.75. The molecule has 28 heavy (non-hydrogen) atoms. The summed E-state index contributed by atoms with van der Waals surface area (Å²) in [6.07, 6.45) is 1.91. The van der Waals surface area contributed by atoms with Gasteiger partial charge < -0.3 is 5.32 Å². The highest BCUT2D eigenvalue weighted by atomic mass is 127. The van der Waals surface area contributed by atoms with E-state index in [0.29, 0.717) is 12.2 Å². The first-order valence-electron chi connectivity index (χ1n) is 8.58. The van der Waals surface area contributed by atoms with Crippen molar-refractivity contribution in [2.45, 2.75) is 12.2 Å². The number of carbonyl (C=O) groups is 1. The lowest BCUT2D eigenvalue weighted by Crippen LogP contribution is -2.40. The molecule has 0 saturated heterocycles. The molecule has 0 aliphatic rings. The second kappa shape index (κ2) is 11.3. The summed E-state index contributed by atoms with van der Waals surface area (Å²) in [5, 5.41) is 3.52. The summed E-state index contributed by atoms with van der Waals surface area (Å²) in [6, 6.07) is 14.8. The minimum Gasteiger partial charge on any atom is -0.354 e. The molecule has 2 aromatic carbocycles. The van der Waals surface area contributed by atoms with Crippen LogP contribution in [0.5, 0.6) is 0 Å². The van der Waals surface area contributed by atoms with Crippen LogP contribution in [-0.4, -0.2) is 39.4 Å². The molecule has 0 radical (unpaired) electrons. The van der Waals surface area contributed by atoms with Gasteiger partial charge >= 0.3 is 0 Å². The lowest BCUT2D eigenvalue weighted by atomic mass is 10.2. The zero-order chi connectivity index (χ0) is 20.6. The van der Waals surface area contributed by atoms with Crippen LogP contribution >= 0.6 is 46.0 Å². The second-order valence-corrected chi connectivity index (χ2v) is 10.8. The normalized spacial score (nSPS) is 11.2. The SMILES string of the molecule is CS(=O)(=O)N(CC(=O)NCCCSCc1cccc(Cl)c1)c1ccc(I)cc1. The van der Waals surface area contributed by atoms with Crippen LogP contribution < -0.4 is 9.62 Å². The minimum absolute atomic E-state index is 0.227. The van der Waals surface area contributed by atoms with E-state index < -0.39 is 10.0 Å². The molecule has 0 bridgehead atoms. The predicted octanol–water partition coefficient (Wildman–Crippen LogP) is 4.15. The Morgan fingerprint density at radius 1 is 1.21 bits per heavy atom. The molecule has 1 N–H and O–H groups in total. The maximum absolute atomic E-state index is 12.2. The average Bonchev–Trinajstić information content (AvgIpc) is 2.63. The number of carbonyl (C=O) groups excluding carboxylic acids is 1. The number of amides is 1. The van der Waals surface area contributed by atoms with Crippen molar-refractivity contribution in [1.82, 2.24) is 5.32 Å². The highest BCUT2D eigenvalue weighted by molar-refractivity contribution is 14.1. The maximum Gasteiger partial charge on any atom is 0.240 e. The molecule has 152 valence electrons. The molecule has 0 atom stereocenters. The van der Waals surface area contributed by atoms with Crippen LogP contribution in [0.25, 0.3) is 0 Å². The Labute approximate surface area is 189 Å². The van der Waals surface area contributed by atoms with Crippen LogP contribution in [0.3, 0.4) is 0 Å². The minimum atomic E-state index is -3.54. The molecule has 0 aliphatic heterocycles. The van der Waals surface area contributed by atoms with Crippen molar-refractivity contribution in [3.05, 3.63) is 62.7 Å². The molecule has 0 spiro atoms. The van der Waals surface area contributed by atoms with Crippen LogP contribution in [0.4, 0.5) is 5.69 Å². The fraction of sp³-hybridized carbons (Fsp3) is 0.316. The van der Waals surface area contributed by atoms with Crippen LogP contribution in [0.15, 0.2) is 48.5 Å². The monoisotopic (exact) mass is 552 g/mol. The molecule has 0 unspecified atom stereocenters. The van der Waals surface area contributed by atoms with E-state index in [9.17, 15) is 13.2 Å². The molecule has 9 heteroatoms. The van der Waals surface area contributed by atoms with Crippen molar-refractivity contribution in [3.63, 3.8) is 0 Å². The van der Waals surface area contributed by atoms with Crippen molar-refractivity contribution < 1.29 is 13.2 Å². The van der Waals surface area contributed by atoms with Gasteiger partial charge in [-0.05, 0) is 76.7 Å². The number of hydrogen-bond donors (Lipinski definition) is 1. The van der Waals surface area contributed by atoms with Gasteiger partial charge in [0.2, 0.25) is 15.9 Å². The number of nitrogens with one attached hydrogen (secondary N) is 1.